The summed E-state index contributed by atoms with van der Waals surface area (Å²) in [6, 6.07) is 15.1. The average molecular weight is 460 g/mol. The van der Waals surface area contributed by atoms with Gasteiger partial charge in [0.25, 0.3) is 0 Å². The first kappa shape index (κ1) is 23.4. The molecule has 6 nitrogen and oxygen atoms in total. The Balaban J connectivity index is 1.43. The number of carbonyl (C=O) groups is 2. The highest BCUT2D eigenvalue weighted by atomic mass is 16.6. The Labute approximate surface area is 199 Å². The maximum Gasteiger partial charge on any atom is 0.308 e. The molecule has 2 aromatic carbocycles. The van der Waals surface area contributed by atoms with Gasteiger partial charge in [0.15, 0.2) is 11.5 Å². The molecule has 2 aliphatic carbocycles. The second-order valence-electron chi connectivity index (χ2n) is 8.40. The number of hydrogen-bond acceptors (Lipinski definition) is 5. The number of carbonyl (C=O) groups excluding carboxylic acids is 2. The first-order valence-corrected chi connectivity index (χ1v) is 11.5. The Hall–Kier alpha value is -3.80. The van der Waals surface area contributed by atoms with E-state index in [0.717, 1.165) is 36.1 Å². The standard InChI is InChI=1S/C28H29NO5/c1-19(30)34-26-17-20(11-15-24(26)32-2)12-16-27(31)29-23-9-6-10-25(28(23)22-13-14-22)33-18-21-7-4-3-5-8-21/h3-8,10-12,15-17,22-23H,9,13-14,18H2,1-2H3,(H,29,31)/b16-12+. The molecule has 176 valence electrons. The van der Waals surface area contributed by atoms with Crippen molar-refractivity contribution in [1.82, 2.24) is 5.32 Å². The molecule has 1 atom stereocenters. The van der Waals surface area contributed by atoms with Crippen LogP contribution in [0.5, 0.6) is 11.5 Å². The lowest BCUT2D eigenvalue weighted by molar-refractivity contribution is -0.132. The van der Waals surface area contributed by atoms with E-state index in [9.17, 15) is 9.59 Å². The minimum atomic E-state index is -0.438. The molecule has 1 fully saturated rings. The number of allylic oxidation sites excluding steroid dienone is 1. The van der Waals surface area contributed by atoms with Crippen LogP contribution in [0.1, 0.15) is 37.3 Å². The zero-order chi connectivity index (χ0) is 23.9. The summed E-state index contributed by atoms with van der Waals surface area (Å²) in [6.45, 7) is 1.83. The molecule has 1 amide bonds. The van der Waals surface area contributed by atoms with Crippen LogP contribution in [0.3, 0.4) is 0 Å². The largest absolute Gasteiger partial charge is 0.493 e. The molecule has 2 aliphatic rings. The van der Waals surface area contributed by atoms with Gasteiger partial charge in [0.05, 0.1) is 13.2 Å². The number of methoxy groups -OCH3 is 1. The molecule has 6 heteroatoms. The molecule has 0 heterocycles. The molecule has 2 aromatic rings. The van der Waals surface area contributed by atoms with Crippen molar-refractivity contribution in [3.05, 3.63) is 89.2 Å². The highest BCUT2D eigenvalue weighted by Gasteiger charge is 2.35. The third kappa shape index (κ3) is 6.16. The van der Waals surface area contributed by atoms with Crippen molar-refractivity contribution in [1.29, 1.82) is 0 Å². The van der Waals surface area contributed by atoms with Crippen LogP contribution in [0.4, 0.5) is 0 Å². The normalized spacial score (nSPS) is 17.5. The summed E-state index contributed by atoms with van der Waals surface area (Å²) in [5, 5.41) is 3.13. The Morgan fingerprint density at radius 1 is 1.09 bits per heavy atom. The van der Waals surface area contributed by atoms with Gasteiger partial charge >= 0.3 is 5.97 Å². The number of nitrogens with one attached hydrogen (secondary N) is 1. The van der Waals surface area contributed by atoms with E-state index < -0.39 is 5.97 Å². The van der Waals surface area contributed by atoms with Gasteiger partial charge in [-0.1, -0.05) is 42.5 Å². The SMILES string of the molecule is COc1ccc(/C=C/C(=O)NC2CC=CC(OCc3ccccc3)=C2C2CC2)cc1OC(C)=O. The molecular weight excluding hydrogens is 430 g/mol. The zero-order valence-corrected chi connectivity index (χ0v) is 19.5. The van der Waals surface area contributed by atoms with E-state index in [1.165, 1.54) is 25.7 Å². The molecular formula is C28H29NO5. The summed E-state index contributed by atoms with van der Waals surface area (Å²) < 4.78 is 16.6. The van der Waals surface area contributed by atoms with Crippen LogP contribution in [0.2, 0.25) is 0 Å². The van der Waals surface area contributed by atoms with Gasteiger partial charge in [-0.25, -0.2) is 0 Å². The summed E-state index contributed by atoms with van der Waals surface area (Å²) in [5.74, 6) is 1.46. The Kier molecular flexibility index (Phi) is 7.48. The van der Waals surface area contributed by atoms with Crippen LogP contribution in [-0.4, -0.2) is 25.0 Å². The van der Waals surface area contributed by atoms with E-state index in [2.05, 4.69) is 11.4 Å². The number of hydrogen-bond donors (Lipinski definition) is 1. The minimum Gasteiger partial charge on any atom is -0.493 e. The quantitative estimate of drug-likeness (QED) is 0.326. The molecule has 1 saturated carbocycles. The van der Waals surface area contributed by atoms with Gasteiger partial charge < -0.3 is 19.5 Å². The fraction of sp³-hybridized carbons (Fsp3) is 0.286. The number of ether oxygens (including phenoxy) is 3. The van der Waals surface area contributed by atoms with Crippen LogP contribution in [0.25, 0.3) is 6.08 Å². The smallest absolute Gasteiger partial charge is 0.308 e. The number of amides is 1. The Morgan fingerprint density at radius 3 is 2.59 bits per heavy atom. The van der Waals surface area contributed by atoms with Gasteiger partial charge in [0, 0.05) is 13.0 Å². The Morgan fingerprint density at radius 2 is 1.88 bits per heavy atom. The van der Waals surface area contributed by atoms with Crippen molar-refractivity contribution >= 4 is 18.0 Å². The van der Waals surface area contributed by atoms with E-state index in [4.69, 9.17) is 14.2 Å². The molecule has 34 heavy (non-hydrogen) atoms. The summed E-state index contributed by atoms with van der Waals surface area (Å²) in [4.78, 5) is 24.1. The second-order valence-corrected chi connectivity index (χ2v) is 8.40. The predicted molar refractivity (Wildman–Crippen MR) is 130 cm³/mol. The van der Waals surface area contributed by atoms with Crippen LogP contribution in [0, 0.1) is 5.92 Å². The Bertz CT molecular complexity index is 1130. The third-order valence-electron chi connectivity index (χ3n) is 5.74. The van der Waals surface area contributed by atoms with Gasteiger partial charge in [-0.3, -0.25) is 9.59 Å². The predicted octanol–water partition coefficient (Wildman–Crippen LogP) is 4.96. The summed E-state index contributed by atoms with van der Waals surface area (Å²) in [7, 11) is 1.51. The maximum absolute atomic E-state index is 12.7. The van der Waals surface area contributed by atoms with Gasteiger partial charge in [-0.05, 0) is 66.2 Å². The lowest BCUT2D eigenvalue weighted by Crippen LogP contribution is -2.37. The number of rotatable bonds is 9. The van der Waals surface area contributed by atoms with Crippen LogP contribution in [-0.2, 0) is 20.9 Å². The van der Waals surface area contributed by atoms with Gasteiger partial charge in [-0.15, -0.1) is 0 Å². The van der Waals surface area contributed by atoms with Crippen LogP contribution < -0.4 is 14.8 Å². The fourth-order valence-corrected chi connectivity index (χ4v) is 4.01. The first-order chi connectivity index (χ1) is 16.5. The van der Waals surface area contributed by atoms with Gasteiger partial charge in [0.1, 0.15) is 12.4 Å². The molecule has 0 radical (unpaired) electrons. The lowest BCUT2D eigenvalue weighted by Gasteiger charge is -2.26. The van der Waals surface area contributed by atoms with Crippen molar-refractivity contribution in [3.8, 4) is 11.5 Å². The molecule has 1 unspecified atom stereocenters. The molecule has 0 aromatic heterocycles. The van der Waals surface area contributed by atoms with Crippen molar-refractivity contribution in [2.24, 2.45) is 5.92 Å². The number of benzene rings is 2. The summed E-state index contributed by atoms with van der Waals surface area (Å²) in [5.41, 5.74) is 3.02. The van der Waals surface area contributed by atoms with Gasteiger partial charge in [-0.2, -0.15) is 0 Å². The molecule has 0 saturated heterocycles. The van der Waals surface area contributed by atoms with Crippen LogP contribution in [0.15, 0.2) is 78.1 Å². The van der Waals surface area contributed by atoms with E-state index in [1.807, 2.05) is 36.4 Å². The molecule has 4 rings (SSSR count). The molecule has 0 aliphatic heterocycles. The number of esters is 1. The second kappa shape index (κ2) is 10.9. The van der Waals surface area contributed by atoms with Crippen molar-refractivity contribution in [3.63, 3.8) is 0 Å². The average Bonchev–Trinajstić information content (AvgIpc) is 3.67. The molecule has 0 spiro atoms. The first-order valence-electron chi connectivity index (χ1n) is 11.5. The highest BCUT2D eigenvalue weighted by molar-refractivity contribution is 5.92. The monoisotopic (exact) mass is 459 g/mol. The minimum absolute atomic E-state index is 0.0899. The van der Waals surface area contributed by atoms with Crippen LogP contribution >= 0.6 is 0 Å². The van der Waals surface area contributed by atoms with E-state index in [0.29, 0.717) is 24.0 Å². The van der Waals surface area contributed by atoms with Crippen molar-refractivity contribution in [2.45, 2.75) is 38.8 Å². The lowest BCUT2D eigenvalue weighted by atomic mass is 9.93. The summed E-state index contributed by atoms with van der Waals surface area (Å²) in [6.07, 6.45) is 10.2. The van der Waals surface area contributed by atoms with E-state index in [1.54, 1.807) is 24.3 Å². The fourth-order valence-electron chi connectivity index (χ4n) is 4.01. The van der Waals surface area contributed by atoms with Crippen molar-refractivity contribution in [2.75, 3.05) is 7.11 Å². The molecule has 1 N–H and O–H groups in total. The summed E-state index contributed by atoms with van der Waals surface area (Å²) >= 11 is 0. The highest BCUT2D eigenvalue weighted by Crippen LogP contribution is 2.42. The molecule has 0 bridgehead atoms. The maximum atomic E-state index is 12.7. The topological polar surface area (TPSA) is 73.9 Å². The van der Waals surface area contributed by atoms with Crippen molar-refractivity contribution < 1.29 is 23.8 Å². The van der Waals surface area contributed by atoms with E-state index in [-0.39, 0.29) is 11.9 Å². The van der Waals surface area contributed by atoms with E-state index >= 15 is 0 Å². The zero-order valence-electron chi connectivity index (χ0n) is 19.5. The third-order valence-corrected chi connectivity index (χ3v) is 5.74. The van der Waals surface area contributed by atoms with Gasteiger partial charge in [0.2, 0.25) is 5.91 Å².